The molecule has 7 nitrogen and oxygen atoms in total. The van der Waals surface area contributed by atoms with E-state index in [9.17, 15) is 9.59 Å². The summed E-state index contributed by atoms with van der Waals surface area (Å²) in [6.07, 6.45) is 5.39. The van der Waals surface area contributed by atoms with Gasteiger partial charge in [0, 0.05) is 36.6 Å². The van der Waals surface area contributed by atoms with Crippen LogP contribution in [0.4, 0.5) is 0 Å². The smallest absolute Gasteiger partial charge is 0.312 e. The molecule has 2 aromatic rings. The van der Waals surface area contributed by atoms with Crippen molar-refractivity contribution in [2.75, 3.05) is 13.1 Å². The lowest BCUT2D eigenvalue weighted by Gasteiger charge is -2.37. The van der Waals surface area contributed by atoms with E-state index in [1.54, 1.807) is 22.2 Å². The zero-order valence-corrected chi connectivity index (χ0v) is 14.1. The molecule has 2 aliphatic rings. The highest BCUT2D eigenvalue weighted by Gasteiger charge is 2.49. The number of hydrogen-bond acceptors (Lipinski definition) is 5. The van der Waals surface area contributed by atoms with Gasteiger partial charge >= 0.3 is 11.8 Å². The van der Waals surface area contributed by atoms with Gasteiger partial charge in [-0.25, -0.2) is 0 Å². The maximum atomic E-state index is 12.4. The van der Waals surface area contributed by atoms with Crippen LogP contribution in [0.15, 0.2) is 36.7 Å². The number of pyridine rings is 1. The molecule has 0 bridgehead atoms. The van der Waals surface area contributed by atoms with Crippen LogP contribution in [0.5, 0.6) is 0 Å². The summed E-state index contributed by atoms with van der Waals surface area (Å²) in [6.45, 7) is 3.46. The third kappa shape index (κ3) is 2.97. The standard InChI is InChI=1S/C18H19N5O2/c1-18(6-7-18)23-10-9-22(16(24)17(23)25)12-14-4-5-15(21-20-14)13-3-2-8-19-11-13/h2-5,8,11H,6-7,9-10,12H2,1H3. The molecule has 0 atom stereocenters. The molecular weight excluding hydrogens is 318 g/mol. The minimum Gasteiger partial charge on any atom is -0.327 e. The number of rotatable bonds is 4. The van der Waals surface area contributed by atoms with Crippen LogP contribution in [0.3, 0.4) is 0 Å². The van der Waals surface area contributed by atoms with Crippen molar-refractivity contribution in [3.63, 3.8) is 0 Å². The molecule has 0 aromatic carbocycles. The molecule has 1 aliphatic carbocycles. The molecule has 4 rings (SSSR count). The van der Waals surface area contributed by atoms with Gasteiger partial charge in [0.25, 0.3) is 0 Å². The Bertz CT molecular complexity index is 802. The monoisotopic (exact) mass is 337 g/mol. The number of piperazine rings is 1. The van der Waals surface area contributed by atoms with E-state index >= 15 is 0 Å². The molecule has 2 amide bonds. The van der Waals surface area contributed by atoms with Crippen LogP contribution in [0.2, 0.25) is 0 Å². The lowest BCUT2D eigenvalue weighted by Crippen LogP contribution is -2.57. The summed E-state index contributed by atoms with van der Waals surface area (Å²) in [5.41, 5.74) is 2.17. The molecule has 7 heteroatoms. The minimum absolute atomic E-state index is 0.107. The van der Waals surface area contributed by atoms with Gasteiger partial charge in [-0.05, 0) is 44.0 Å². The quantitative estimate of drug-likeness (QED) is 0.785. The molecule has 25 heavy (non-hydrogen) atoms. The average molecular weight is 337 g/mol. The van der Waals surface area contributed by atoms with Gasteiger partial charge in [-0.15, -0.1) is 0 Å². The van der Waals surface area contributed by atoms with E-state index in [1.807, 2.05) is 31.2 Å². The Morgan fingerprint density at radius 2 is 1.92 bits per heavy atom. The van der Waals surface area contributed by atoms with Gasteiger partial charge in [0.1, 0.15) is 0 Å². The van der Waals surface area contributed by atoms with Crippen molar-refractivity contribution < 1.29 is 9.59 Å². The molecule has 0 spiro atoms. The molecule has 2 fully saturated rings. The van der Waals surface area contributed by atoms with E-state index in [0.29, 0.717) is 25.3 Å². The van der Waals surface area contributed by atoms with Crippen LogP contribution in [-0.4, -0.2) is 55.4 Å². The predicted octanol–water partition coefficient (Wildman–Crippen LogP) is 1.26. The van der Waals surface area contributed by atoms with Gasteiger partial charge in [0.2, 0.25) is 0 Å². The van der Waals surface area contributed by atoms with E-state index in [2.05, 4.69) is 15.2 Å². The van der Waals surface area contributed by atoms with Crippen LogP contribution < -0.4 is 0 Å². The number of hydrogen-bond donors (Lipinski definition) is 0. The summed E-state index contributed by atoms with van der Waals surface area (Å²) >= 11 is 0. The third-order valence-corrected chi connectivity index (χ3v) is 4.96. The maximum Gasteiger partial charge on any atom is 0.312 e. The largest absolute Gasteiger partial charge is 0.327 e. The number of carbonyl (C=O) groups is 2. The van der Waals surface area contributed by atoms with Crippen LogP contribution >= 0.6 is 0 Å². The van der Waals surface area contributed by atoms with Crippen LogP contribution in [0, 0.1) is 0 Å². The first kappa shape index (κ1) is 15.7. The summed E-state index contributed by atoms with van der Waals surface area (Å²) in [4.78, 5) is 32.1. The fourth-order valence-corrected chi connectivity index (χ4v) is 3.10. The molecule has 1 aliphatic heterocycles. The van der Waals surface area contributed by atoms with E-state index in [0.717, 1.165) is 24.1 Å². The van der Waals surface area contributed by atoms with Crippen molar-refractivity contribution in [2.24, 2.45) is 0 Å². The maximum absolute atomic E-state index is 12.4. The molecule has 0 N–H and O–H groups in total. The molecule has 1 saturated carbocycles. The summed E-state index contributed by atoms with van der Waals surface area (Å²) in [5.74, 6) is -0.844. The number of amides is 2. The third-order valence-electron chi connectivity index (χ3n) is 4.96. The molecule has 1 saturated heterocycles. The highest BCUT2D eigenvalue weighted by atomic mass is 16.2. The van der Waals surface area contributed by atoms with Gasteiger partial charge in [-0.3, -0.25) is 14.6 Å². The zero-order chi connectivity index (χ0) is 17.4. The second-order valence-electron chi connectivity index (χ2n) is 6.83. The highest BCUT2D eigenvalue weighted by molar-refractivity contribution is 6.35. The van der Waals surface area contributed by atoms with E-state index < -0.39 is 11.8 Å². The Balaban J connectivity index is 1.44. The van der Waals surface area contributed by atoms with E-state index in [-0.39, 0.29) is 5.54 Å². The van der Waals surface area contributed by atoms with Crippen molar-refractivity contribution in [1.82, 2.24) is 25.0 Å². The van der Waals surface area contributed by atoms with Crippen LogP contribution in [0.1, 0.15) is 25.5 Å². The molecule has 0 radical (unpaired) electrons. The minimum atomic E-state index is -0.447. The van der Waals surface area contributed by atoms with Gasteiger partial charge in [-0.1, -0.05) is 0 Å². The first-order valence-corrected chi connectivity index (χ1v) is 8.41. The fourth-order valence-electron chi connectivity index (χ4n) is 3.10. The van der Waals surface area contributed by atoms with Crippen molar-refractivity contribution >= 4 is 11.8 Å². The molecule has 3 heterocycles. The van der Waals surface area contributed by atoms with Gasteiger partial charge in [0.05, 0.1) is 17.9 Å². The highest BCUT2D eigenvalue weighted by Crippen LogP contribution is 2.41. The second kappa shape index (κ2) is 5.91. The zero-order valence-electron chi connectivity index (χ0n) is 14.1. The Morgan fingerprint density at radius 3 is 2.56 bits per heavy atom. The average Bonchev–Trinajstić information content (AvgIpc) is 3.39. The SMILES string of the molecule is CC1(N2CCN(Cc3ccc(-c4cccnc4)nn3)C(=O)C2=O)CC1. The van der Waals surface area contributed by atoms with Crippen molar-refractivity contribution in [3.8, 4) is 11.3 Å². The van der Waals surface area contributed by atoms with Gasteiger partial charge in [0.15, 0.2) is 0 Å². The van der Waals surface area contributed by atoms with Gasteiger partial charge < -0.3 is 9.80 Å². The van der Waals surface area contributed by atoms with E-state index in [1.165, 1.54) is 0 Å². The first-order chi connectivity index (χ1) is 12.1. The van der Waals surface area contributed by atoms with Gasteiger partial charge in [-0.2, -0.15) is 10.2 Å². The fraction of sp³-hybridized carbons (Fsp3) is 0.389. The molecule has 0 unspecified atom stereocenters. The van der Waals surface area contributed by atoms with Crippen LogP contribution in [-0.2, 0) is 16.1 Å². The Kier molecular flexibility index (Phi) is 3.71. The predicted molar refractivity (Wildman–Crippen MR) is 90.0 cm³/mol. The first-order valence-electron chi connectivity index (χ1n) is 8.41. The molecule has 2 aromatic heterocycles. The summed E-state index contributed by atoms with van der Waals surface area (Å²) < 4.78 is 0. The van der Waals surface area contributed by atoms with Crippen molar-refractivity contribution in [1.29, 1.82) is 0 Å². The molecule has 128 valence electrons. The molecular formula is C18H19N5O2. The lowest BCUT2D eigenvalue weighted by atomic mass is 10.1. The van der Waals surface area contributed by atoms with Crippen molar-refractivity contribution in [3.05, 3.63) is 42.4 Å². The van der Waals surface area contributed by atoms with Crippen LogP contribution in [0.25, 0.3) is 11.3 Å². The van der Waals surface area contributed by atoms with Crippen molar-refractivity contribution in [2.45, 2.75) is 31.8 Å². The Morgan fingerprint density at radius 1 is 1.08 bits per heavy atom. The normalized spacial score (nSPS) is 19.2. The Hall–Kier alpha value is -2.83. The second-order valence-corrected chi connectivity index (χ2v) is 6.83. The number of nitrogens with zero attached hydrogens (tertiary/aromatic N) is 5. The Labute approximate surface area is 145 Å². The van der Waals surface area contributed by atoms with E-state index in [4.69, 9.17) is 0 Å². The lowest BCUT2D eigenvalue weighted by molar-refractivity contribution is -0.158. The summed E-state index contributed by atoms with van der Waals surface area (Å²) in [6, 6.07) is 7.44. The number of aromatic nitrogens is 3. The number of carbonyl (C=O) groups excluding carboxylic acids is 2. The summed E-state index contributed by atoms with van der Waals surface area (Å²) in [5, 5.41) is 8.39. The topological polar surface area (TPSA) is 79.3 Å². The summed E-state index contributed by atoms with van der Waals surface area (Å²) in [7, 11) is 0.